The van der Waals surface area contributed by atoms with Crippen molar-refractivity contribution in [2.24, 2.45) is 0 Å². The molecule has 1 N–H and O–H groups in total. The van der Waals surface area contributed by atoms with E-state index in [2.05, 4.69) is 21.2 Å². The van der Waals surface area contributed by atoms with Crippen LogP contribution in [0.2, 0.25) is 0 Å². The van der Waals surface area contributed by atoms with Gasteiger partial charge in [0.1, 0.15) is 5.75 Å². The Morgan fingerprint density at radius 1 is 1.23 bits per heavy atom. The lowest BCUT2D eigenvalue weighted by Crippen LogP contribution is -2.28. The Labute approximate surface area is 161 Å². The van der Waals surface area contributed by atoms with Gasteiger partial charge in [0.2, 0.25) is 5.91 Å². The number of carbonyl (C=O) groups is 2. The molecule has 0 bridgehead atoms. The van der Waals surface area contributed by atoms with Crippen molar-refractivity contribution in [2.45, 2.75) is 27.2 Å². The van der Waals surface area contributed by atoms with Crippen LogP contribution >= 0.6 is 15.9 Å². The maximum atomic E-state index is 12.4. The van der Waals surface area contributed by atoms with Gasteiger partial charge in [0.05, 0.1) is 11.4 Å². The first-order chi connectivity index (χ1) is 12.3. The maximum Gasteiger partial charge on any atom is 0.262 e. The van der Waals surface area contributed by atoms with Gasteiger partial charge in [-0.25, -0.2) is 0 Å². The Morgan fingerprint density at radius 2 is 2.00 bits per heavy atom. The van der Waals surface area contributed by atoms with Crippen LogP contribution in [0, 0.1) is 13.8 Å². The molecule has 26 heavy (non-hydrogen) atoms. The summed E-state index contributed by atoms with van der Waals surface area (Å²) in [5.74, 6) is 0.393. The number of anilines is 2. The van der Waals surface area contributed by atoms with E-state index >= 15 is 0 Å². The van der Waals surface area contributed by atoms with Crippen LogP contribution in [0.5, 0.6) is 5.75 Å². The first kappa shape index (κ1) is 18.5. The van der Waals surface area contributed by atoms with Gasteiger partial charge in [-0.05, 0) is 49.6 Å². The molecule has 3 rings (SSSR count). The molecule has 2 aromatic rings. The first-order valence-electron chi connectivity index (χ1n) is 8.45. The molecule has 0 saturated carbocycles. The molecule has 0 spiro atoms. The second-order valence-electron chi connectivity index (χ2n) is 6.49. The van der Waals surface area contributed by atoms with Gasteiger partial charge in [-0.2, -0.15) is 0 Å². The SMILES string of the molecule is CC(=O)N1CCc2cc(Br)cc(NC(=O)COc3ccc(C)cc3C)c21. The van der Waals surface area contributed by atoms with Crippen LogP contribution < -0.4 is 15.0 Å². The summed E-state index contributed by atoms with van der Waals surface area (Å²) < 4.78 is 6.51. The van der Waals surface area contributed by atoms with Crippen molar-refractivity contribution in [2.75, 3.05) is 23.4 Å². The predicted octanol–water partition coefficient (Wildman–Crippen LogP) is 3.99. The van der Waals surface area contributed by atoms with Gasteiger partial charge in [-0.15, -0.1) is 0 Å². The van der Waals surface area contributed by atoms with E-state index in [1.807, 2.05) is 44.2 Å². The third-order valence-electron chi connectivity index (χ3n) is 4.37. The fourth-order valence-corrected chi connectivity index (χ4v) is 3.72. The molecule has 0 unspecified atom stereocenters. The molecule has 0 radical (unpaired) electrons. The molecule has 1 heterocycles. The molecule has 0 aromatic heterocycles. The minimum atomic E-state index is -0.263. The van der Waals surface area contributed by atoms with Crippen molar-refractivity contribution in [3.05, 3.63) is 51.5 Å². The van der Waals surface area contributed by atoms with Gasteiger partial charge in [0.15, 0.2) is 6.61 Å². The van der Waals surface area contributed by atoms with Gasteiger partial charge in [0, 0.05) is 17.9 Å². The molecule has 0 atom stereocenters. The van der Waals surface area contributed by atoms with Gasteiger partial charge < -0.3 is 15.0 Å². The van der Waals surface area contributed by atoms with Crippen molar-refractivity contribution in [1.29, 1.82) is 0 Å². The average Bonchev–Trinajstić information content (AvgIpc) is 2.98. The fraction of sp³-hybridized carbons (Fsp3) is 0.300. The Balaban J connectivity index is 1.75. The van der Waals surface area contributed by atoms with E-state index in [1.165, 1.54) is 6.92 Å². The zero-order valence-corrected chi connectivity index (χ0v) is 16.6. The largest absolute Gasteiger partial charge is 0.483 e. The number of benzene rings is 2. The highest BCUT2D eigenvalue weighted by Gasteiger charge is 2.26. The van der Waals surface area contributed by atoms with Crippen LogP contribution in [-0.2, 0) is 16.0 Å². The Hall–Kier alpha value is -2.34. The lowest BCUT2D eigenvalue weighted by Gasteiger charge is -2.19. The van der Waals surface area contributed by atoms with Crippen molar-refractivity contribution < 1.29 is 14.3 Å². The van der Waals surface area contributed by atoms with Gasteiger partial charge in [-0.3, -0.25) is 9.59 Å². The van der Waals surface area contributed by atoms with Crippen LogP contribution in [-0.4, -0.2) is 25.0 Å². The summed E-state index contributed by atoms with van der Waals surface area (Å²) in [7, 11) is 0. The number of aryl methyl sites for hydroxylation is 2. The number of ether oxygens (including phenoxy) is 1. The smallest absolute Gasteiger partial charge is 0.262 e. The molecule has 1 aliphatic heterocycles. The van der Waals surface area contributed by atoms with E-state index in [4.69, 9.17) is 4.74 Å². The second-order valence-corrected chi connectivity index (χ2v) is 7.40. The fourth-order valence-electron chi connectivity index (χ4n) is 3.21. The second kappa shape index (κ2) is 7.50. The van der Waals surface area contributed by atoms with Crippen molar-refractivity contribution >= 4 is 39.1 Å². The van der Waals surface area contributed by atoms with Gasteiger partial charge in [0.25, 0.3) is 5.91 Å². The summed E-state index contributed by atoms with van der Waals surface area (Å²) in [4.78, 5) is 26.0. The summed E-state index contributed by atoms with van der Waals surface area (Å²) in [6, 6.07) is 9.63. The maximum absolute atomic E-state index is 12.4. The lowest BCUT2D eigenvalue weighted by molar-refractivity contribution is -0.118. The molecule has 0 saturated heterocycles. The van der Waals surface area contributed by atoms with E-state index in [0.29, 0.717) is 18.0 Å². The molecule has 136 valence electrons. The van der Waals surface area contributed by atoms with E-state index in [0.717, 1.165) is 33.3 Å². The Bertz CT molecular complexity index is 880. The summed E-state index contributed by atoms with van der Waals surface area (Å²) in [6.07, 6.45) is 0.774. The van der Waals surface area contributed by atoms with Crippen LogP contribution in [0.3, 0.4) is 0 Å². The third kappa shape index (κ3) is 3.90. The molecule has 2 amide bonds. The van der Waals surface area contributed by atoms with Crippen LogP contribution in [0.1, 0.15) is 23.6 Å². The molecule has 0 fully saturated rings. The molecule has 5 nitrogen and oxygen atoms in total. The highest BCUT2D eigenvalue weighted by molar-refractivity contribution is 9.10. The number of carbonyl (C=O) groups excluding carboxylic acids is 2. The number of nitrogens with one attached hydrogen (secondary N) is 1. The van der Waals surface area contributed by atoms with E-state index < -0.39 is 0 Å². The predicted molar refractivity (Wildman–Crippen MR) is 106 cm³/mol. The van der Waals surface area contributed by atoms with Crippen molar-refractivity contribution in [3.63, 3.8) is 0 Å². The van der Waals surface area contributed by atoms with Crippen LogP contribution in [0.25, 0.3) is 0 Å². The molecule has 1 aliphatic rings. The first-order valence-corrected chi connectivity index (χ1v) is 9.25. The van der Waals surface area contributed by atoms with Gasteiger partial charge in [-0.1, -0.05) is 33.6 Å². The monoisotopic (exact) mass is 416 g/mol. The molecule has 6 heteroatoms. The normalized spacial score (nSPS) is 12.7. The summed E-state index contributed by atoms with van der Waals surface area (Å²) in [6.45, 7) is 6.03. The number of halogens is 1. The Morgan fingerprint density at radius 3 is 2.69 bits per heavy atom. The van der Waals surface area contributed by atoms with Crippen molar-refractivity contribution in [1.82, 2.24) is 0 Å². The number of amides is 2. The van der Waals surface area contributed by atoms with E-state index in [-0.39, 0.29) is 18.4 Å². The third-order valence-corrected chi connectivity index (χ3v) is 4.83. The van der Waals surface area contributed by atoms with E-state index in [9.17, 15) is 9.59 Å². The molecule has 2 aromatic carbocycles. The van der Waals surface area contributed by atoms with Crippen LogP contribution in [0.15, 0.2) is 34.8 Å². The number of hydrogen-bond acceptors (Lipinski definition) is 3. The highest BCUT2D eigenvalue weighted by atomic mass is 79.9. The zero-order valence-electron chi connectivity index (χ0n) is 15.1. The zero-order chi connectivity index (χ0) is 18.8. The topological polar surface area (TPSA) is 58.6 Å². The highest BCUT2D eigenvalue weighted by Crippen LogP contribution is 2.38. The minimum Gasteiger partial charge on any atom is -0.483 e. The van der Waals surface area contributed by atoms with Gasteiger partial charge >= 0.3 is 0 Å². The number of rotatable bonds is 4. The summed E-state index contributed by atoms with van der Waals surface area (Å²) >= 11 is 3.47. The number of fused-ring (bicyclic) bond motifs is 1. The standard InChI is InChI=1S/C20H21BrN2O3/c1-12-4-5-18(13(2)8-12)26-11-19(25)22-17-10-16(21)9-15-6-7-23(14(3)24)20(15)17/h4-5,8-10H,6-7,11H2,1-3H3,(H,22,25). The minimum absolute atomic E-state index is 0.0342. The molecule has 0 aliphatic carbocycles. The number of nitrogens with zero attached hydrogens (tertiary/aromatic N) is 1. The number of hydrogen-bond donors (Lipinski definition) is 1. The Kier molecular flexibility index (Phi) is 5.32. The summed E-state index contributed by atoms with van der Waals surface area (Å²) in [5.41, 5.74) is 4.58. The molecular weight excluding hydrogens is 396 g/mol. The average molecular weight is 417 g/mol. The van der Waals surface area contributed by atoms with Crippen molar-refractivity contribution in [3.8, 4) is 5.75 Å². The quantitative estimate of drug-likeness (QED) is 0.819. The van der Waals surface area contributed by atoms with Crippen LogP contribution in [0.4, 0.5) is 11.4 Å². The summed E-state index contributed by atoms with van der Waals surface area (Å²) in [5, 5.41) is 2.88. The molecular formula is C20H21BrN2O3. The lowest BCUT2D eigenvalue weighted by atomic mass is 10.1. The van der Waals surface area contributed by atoms with E-state index in [1.54, 1.807) is 4.90 Å².